The van der Waals surface area contributed by atoms with E-state index in [1.165, 1.54) is 13.0 Å². The second-order valence-corrected chi connectivity index (χ2v) is 13.8. The molecule has 1 aliphatic heterocycles. The summed E-state index contributed by atoms with van der Waals surface area (Å²) < 4.78 is 38.9. The molecule has 0 saturated carbocycles. The van der Waals surface area contributed by atoms with E-state index >= 15 is 0 Å². The molecule has 1 amide bonds. The Balaban J connectivity index is 1.35. The molecule has 0 spiro atoms. The summed E-state index contributed by atoms with van der Waals surface area (Å²) in [6.45, 7) is 6.06. The highest BCUT2D eigenvalue weighted by Crippen LogP contribution is 2.33. The van der Waals surface area contributed by atoms with Crippen molar-refractivity contribution in [2.24, 2.45) is 11.8 Å². The summed E-state index contributed by atoms with van der Waals surface area (Å²) in [5.41, 5.74) is 0.589. The standard InChI is InChI=1S/C37H47F2NO9/c1-20(17-37(3,4)26-11-12-27(38)28(39)16-26)29(42)15-25(32(44)21(2)41)19-48-36-35(47)34(46)33(45)30(49-36)18-40-31(43)14-22-9-10-23-7-5-6-8-24(23)13-22/h5-13,16,20-21,25,30,32-36,41,44-47H,14-15,17-19H2,1-4H3,(H,40,43)/t20?,21-,25+,30?,32-,33?,34?,35?,36?/m1/s1. The number of aliphatic hydroxyl groups excluding tert-OH is 5. The molecular weight excluding hydrogens is 640 g/mol. The van der Waals surface area contributed by atoms with Gasteiger partial charge >= 0.3 is 0 Å². The van der Waals surface area contributed by atoms with E-state index in [9.17, 15) is 43.9 Å². The molecule has 4 rings (SSSR count). The van der Waals surface area contributed by atoms with Gasteiger partial charge in [-0.1, -0.05) is 69.3 Å². The van der Waals surface area contributed by atoms with E-state index in [4.69, 9.17) is 9.47 Å². The third-order valence-corrected chi connectivity index (χ3v) is 9.33. The highest BCUT2D eigenvalue weighted by atomic mass is 19.2. The lowest BCUT2D eigenvalue weighted by molar-refractivity contribution is -0.299. The predicted octanol–water partition coefficient (Wildman–Crippen LogP) is 2.92. The van der Waals surface area contributed by atoms with Gasteiger partial charge in [-0.25, -0.2) is 8.78 Å². The van der Waals surface area contributed by atoms with Crippen molar-refractivity contribution in [1.29, 1.82) is 0 Å². The first-order valence-corrected chi connectivity index (χ1v) is 16.5. The Kier molecular flexibility index (Phi) is 13.0. The Morgan fingerprint density at radius 2 is 1.61 bits per heavy atom. The molecule has 1 fully saturated rings. The zero-order valence-electron chi connectivity index (χ0n) is 28.1. The molecule has 12 heteroatoms. The van der Waals surface area contributed by atoms with Gasteiger partial charge in [-0.3, -0.25) is 9.59 Å². The maximum absolute atomic E-state index is 13.9. The Hall–Kier alpha value is -3.36. The summed E-state index contributed by atoms with van der Waals surface area (Å²) in [7, 11) is 0. The van der Waals surface area contributed by atoms with Crippen molar-refractivity contribution in [3.63, 3.8) is 0 Å². The smallest absolute Gasteiger partial charge is 0.224 e. The largest absolute Gasteiger partial charge is 0.391 e. The van der Waals surface area contributed by atoms with Crippen LogP contribution in [0.2, 0.25) is 0 Å². The molecule has 1 saturated heterocycles. The lowest BCUT2D eigenvalue weighted by atomic mass is 9.75. The monoisotopic (exact) mass is 687 g/mol. The number of Topliss-reactive ketones (excluding diaryl/α,β-unsaturated/α-hetero) is 1. The van der Waals surface area contributed by atoms with Crippen LogP contribution in [-0.2, 0) is 30.9 Å². The van der Waals surface area contributed by atoms with E-state index in [1.807, 2.05) is 42.5 Å². The van der Waals surface area contributed by atoms with Crippen LogP contribution in [0, 0.1) is 23.5 Å². The first-order valence-electron chi connectivity index (χ1n) is 16.5. The Labute approximate surface area is 284 Å². The summed E-state index contributed by atoms with van der Waals surface area (Å²) in [5, 5.41) is 57.3. The van der Waals surface area contributed by atoms with Crippen molar-refractivity contribution < 1.29 is 53.4 Å². The second kappa shape index (κ2) is 16.6. The number of amides is 1. The van der Waals surface area contributed by atoms with Gasteiger partial charge in [0.2, 0.25) is 5.91 Å². The Morgan fingerprint density at radius 1 is 0.918 bits per heavy atom. The number of fused-ring (bicyclic) bond motifs is 1. The molecule has 1 heterocycles. The van der Waals surface area contributed by atoms with Crippen molar-refractivity contribution >= 4 is 22.5 Å². The van der Waals surface area contributed by atoms with Gasteiger partial charge in [0, 0.05) is 24.8 Å². The van der Waals surface area contributed by atoms with Crippen LogP contribution in [0.1, 0.15) is 51.7 Å². The highest BCUT2D eigenvalue weighted by Gasteiger charge is 2.45. The number of nitrogens with one attached hydrogen (secondary N) is 1. The quantitative estimate of drug-likeness (QED) is 0.141. The number of halogens is 2. The molecule has 9 atom stereocenters. The highest BCUT2D eigenvalue weighted by molar-refractivity contribution is 5.85. The van der Waals surface area contributed by atoms with Gasteiger partial charge in [0.25, 0.3) is 0 Å². The molecule has 6 unspecified atom stereocenters. The van der Waals surface area contributed by atoms with Crippen LogP contribution in [-0.4, -0.2) is 93.3 Å². The topological polar surface area (TPSA) is 166 Å². The van der Waals surface area contributed by atoms with Crippen molar-refractivity contribution in [2.75, 3.05) is 13.2 Å². The minimum absolute atomic E-state index is 0.0576. The van der Waals surface area contributed by atoms with Gasteiger partial charge in [-0.15, -0.1) is 0 Å². The molecule has 3 aromatic rings. The van der Waals surface area contributed by atoms with E-state index in [-0.39, 0.29) is 44.1 Å². The maximum Gasteiger partial charge on any atom is 0.224 e. The summed E-state index contributed by atoms with van der Waals surface area (Å²) in [5.74, 6) is -4.14. The van der Waals surface area contributed by atoms with Gasteiger partial charge in [-0.05, 0) is 52.8 Å². The number of benzene rings is 3. The van der Waals surface area contributed by atoms with Crippen LogP contribution >= 0.6 is 0 Å². The van der Waals surface area contributed by atoms with Gasteiger partial charge in [0.05, 0.1) is 25.2 Å². The fraction of sp³-hybridized carbons (Fsp3) is 0.514. The fourth-order valence-electron chi connectivity index (χ4n) is 6.30. The summed E-state index contributed by atoms with van der Waals surface area (Å²) in [4.78, 5) is 26.1. The van der Waals surface area contributed by atoms with Crippen LogP contribution in [0.4, 0.5) is 8.78 Å². The molecule has 0 bridgehead atoms. The summed E-state index contributed by atoms with van der Waals surface area (Å²) >= 11 is 0. The van der Waals surface area contributed by atoms with Gasteiger partial charge in [0.15, 0.2) is 17.9 Å². The molecule has 0 aromatic heterocycles. The minimum atomic E-state index is -1.70. The molecule has 6 N–H and O–H groups in total. The van der Waals surface area contributed by atoms with E-state index < -0.39 is 71.8 Å². The van der Waals surface area contributed by atoms with E-state index in [0.717, 1.165) is 28.5 Å². The number of ketones is 1. The first kappa shape index (κ1) is 38.4. The van der Waals surface area contributed by atoms with Gasteiger partial charge < -0.3 is 40.3 Å². The summed E-state index contributed by atoms with van der Waals surface area (Å²) in [6, 6.07) is 17.0. The van der Waals surface area contributed by atoms with Crippen molar-refractivity contribution in [2.45, 2.75) is 95.3 Å². The molecule has 268 valence electrons. The van der Waals surface area contributed by atoms with Gasteiger partial charge in [0.1, 0.15) is 30.2 Å². The second-order valence-electron chi connectivity index (χ2n) is 13.8. The van der Waals surface area contributed by atoms with Crippen LogP contribution in [0.5, 0.6) is 0 Å². The number of hydrogen-bond acceptors (Lipinski definition) is 9. The number of ether oxygens (including phenoxy) is 2. The average molecular weight is 688 g/mol. The third kappa shape index (κ3) is 9.88. The maximum atomic E-state index is 13.9. The van der Waals surface area contributed by atoms with Crippen LogP contribution in [0.25, 0.3) is 10.8 Å². The molecule has 10 nitrogen and oxygen atoms in total. The number of aliphatic hydroxyl groups is 5. The predicted molar refractivity (Wildman–Crippen MR) is 177 cm³/mol. The number of rotatable bonds is 15. The van der Waals surface area contributed by atoms with Crippen LogP contribution in [0.3, 0.4) is 0 Å². The SMILES string of the molecule is CC(CC(C)(C)c1ccc(F)c(F)c1)C(=O)C[C@@H](COC1OC(CNC(=O)Cc2ccc3ccccc3c2)C(O)C(O)C1O)[C@H](O)[C@@H](C)O. The lowest BCUT2D eigenvalue weighted by Gasteiger charge is -2.41. The number of carbonyl (C=O) groups excluding carboxylic acids is 2. The molecule has 0 aliphatic carbocycles. The molecule has 0 radical (unpaired) electrons. The molecule has 1 aliphatic rings. The third-order valence-electron chi connectivity index (χ3n) is 9.33. The van der Waals surface area contributed by atoms with Gasteiger partial charge in [-0.2, -0.15) is 0 Å². The van der Waals surface area contributed by atoms with E-state index in [1.54, 1.807) is 20.8 Å². The fourth-order valence-corrected chi connectivity index (χ4v) is 6.30. The molecular formula is C37H47F2NO9. The summed E-state index contributed by atoms with van der Waals surface area (Å²) in [6.07, 6.45) is -10.2. The van der Waals surface area contributed by atoms with Crippen LogP contribution in [0.15, 0.2) is 60.7 Å². The van der Waals surface area contributed by atoms with Crippen LogP contribution < -0.4 is 5.32 Å². The van der Waals surface area contributed by atoms with Crippen molar-refractivity contribution in [1.82, 2.24) is 5.32 Å². The zero-order valence-corrected chi connectivity index (χ0v) is 28.1. The minimum Gasteiger partial charge on any atom is -0.391 e. The normalized spacial score (nSPS) is 23.9. The van der Waals surface area contributed by atoms with Crippen molar-refractivity contribution in [3.8, 4) is 0 Å². The van der Waals surface area contributed by atoms with E-state index in [2.05, 4.69) is 5.32 Å². The lowest BCUT2D eigenvalue weighted by Crippen LogP contribution is -2.61. The Bertz CT molecular complexity index is 1580. The zero-order chi connectivity index (χ0) is 36.0. The molecule has 49 heavy (non-hydrogen) atoms. The first-order chi connectivity index (χ1) is 23.1. The average Bonchev–Trinajstić information content (AvgIpc) is 3.06. The molecule has 3 aromatic carbocycles. The number of carbonyl (C=O) groups is 2. The number of hydrogen-bond donors (Lipinski definition) is 6. The Morgan fingerprint density at radius 3 is 2.29 bits per heavy atom. The van der Waals surface area contributed by atoms with Crippen molar-refractivity contribution in [3.05, 3.63) is 83.4 Å². The van der Waals surface area contributed by atoms with E-state index in [0.29, 0.717) is 5.56 Å².